The Hall–Kier alpha value is -1.73. The van der Waals surface area contributed by atoms with Crippen LogP contribution in [-0.4, -0.2) is 58.2 Å². The predicted octanol–water partition coefficient (Wildman–Crippen LogP) is 1.80. The second-order valence-corrected chi connectivity index (χ2v) is 7.59. The molecule has 1 aromatic carbocycles. The fraction of sp³-hybridized carbons (Fsp3) is 0.556. The maximum Gasteiger partial charge on any atom is 0.315 e. The second kappa shape index (κ2) is 8.58. The van der Waals surface area contributed by atoms with Crippen LogP contribution in [0.5, 0.6) is 0 Å². The minimum atomic E-state index is -0.175. The van der Waals surface area contributed by atoms with Gasteiger partial charge in [-0.2, -0.15) is 0 Å². The van der Waals surface area contributed by atoms with Crippen molar-refractivity contribution in [2.75, 3.05) is 18.8 Å². The molecule has 0 spiro atoms. The van der Waals surface area contributed by atoms with Gasteiger partial charge < -0.3 is 20.6 Å². The van der Waals surface area contributed by atoms with Gasteiger partial charge in [0, 0.05) is 25.4 Å². The van der Waals surface area contributed by atoms with Gasteiger partial charge in [0.1, 0.15) is 0 Å². The topological polar surface area (TPSA) is 77.0 Å². The summed E-state index contributed by atoms with van der Waals surface area (Å²) >= 11 is 1.69. The van der Waals surface area contributed by atoms with E-state index in [-0.39, 0.29) is 24.2 Å². The number of carbonyl (C=O) groups excluding carboxylic acids is 1. The number of urea groups is 1. The smallest absolute Gasteiger partial charge is 0.315 e. The lowest BCUT2D eigenvalue weighted by Gasteiger charge is -2.36. The van der Waals surface area contributed by atoms with Crippen molar-refractivity contribution >= 4 is 23.0 Å². The molecule has 0 saturated carbocycles. The van der Waals surface area contributed by atoms with E-state index in [2.05, 4.69) is 15.5 Å². The number of thioether (sulfide) groups is 1. The standard InChI is InChI=1S/C18H26N4O2S/c1-13-16(21-17(24)19-11-14-5-3-2-4-6-14)12-25-18(20-13)22-9-7-15(23)8-10-22/h2-6,13,15-16,23H,7-12H2,1H3,(H2,19,21,24)/t13-,16?/m1/s1. The molecule has 6 nitrogen and oxygen atoms in total. The van der Waals surface area contributed by atoms with Gasteiger partial charge in [0.25, 0.3) is 0 Å². The zero-order chi connectivity index (χ0) is 17.6. The van der Waals surface area contributed by atoms with E-state index in [1.54, 1.807) is 11.8 Å². The van der Waals surface area contributed by atoms with E-state index < -0.39 is 0 Å². The van der Waals surface area contributed by atoms with Gasteiger partial charge in [-0.3, -0.25) is 4.99 Å². The lowest BCUT2D eigenvalue weighted by Crippen LogP contribution is -2.51. The number of piperidine rings is 1. The fourth-order valence-corrected chi connectivity index (χ4v) is 4.29. The lowest BCUT2D eigenvalue weighted by molar-refractivity contribution is 0.110. The highest BCUT2D eigenvalue weighted by molar-refractivity contribution is 8.13. The average molecular weight is 362 g/mol. The van der Waals surface area contributed by atoms with Crippen molar-refractivity contribution < 1.29 is 9.90 Å². The minimum absolute atomic E-state index is 0.0277. The Balaban J connectivity index is 1.47. The van der Waals surface area contributed by atoms with Gasteiger partial charge >= 0.3 is 6.03 Å². The van der Waals surface area contributed by atoms with Gasteiger partial charge in [-0.1, -0.05) is 42.1 Å². The number of likely N-dealkylation sites (tertiary alicyclic amines) is 1. The van der Waals surface area contributed by atoms with Crippen LogP contribution in [-0.2, 0) is 6.54 Å². The molecule has 1 aromatic rings. The molecule has 2 aliphatic heterocycles. The average Bonchev–Trinajstić information content (AvgIpc) is 2.63. The van der Waals surface area contributed by atoms with Crippen LogP contribution in [0.2, 0.25) is 0 Å². The summed E-state index contributed by atoms with van der Waals surface area (Å²) < 4.78 is 0. The summed E-state index contributed by atoms with van der Waals surface area (Å²) in [5.74, 6) is 0.817. The molecule has 136 valence electrons. The molecule has 0 aliphatic carbocycles. The van der Waals surface area contributed by atoms with Crippen LogP contribution in [0.4, 0.5) is 4.79 Å². The Bertz CT molecular complexity index is 602. The summed E-state index contributed by atoms with van der Waals surface area (Å²) in [5, 5.41) is 16.6. The number of amides is 2. The van der Waals surface area contributed by atoms with E-state index in [0.717, 1.165) is 42.4 Å². The number of rotatable bonds is 3. The summed E-state index contributed by atoms with van der Waals surface area (Å²) in [5.41, 5.74) is 1.08. The molecule has 3 rings (SSSR count). The molecule has 2 aliphatic rings. The third-order valence-electron chi connectivity index (χ3n) is 4.64. The Morgan fingerprint density at radius 3 is 2.72 bits per heavy atom. The van der Waals surface area contributed by atoms with Gasteiger partial charge in [0.2, 0.25) is 0 Å². The molecule has 2 heterocycles. The predicted molar refractivity (Wildman–Crippen MR) is 102 cm³/mol. The summed E-state index contributed by atoms with van der Waals surface area (Å²) in [4.78, 5) is 19.1. The molecule has 7 heteroatoms. The van der Waals surface area contributed by atoms with Crippen LogP contribution < -0.4 is 10.6 Å². The van der Waals surface area contributed by atoms with Crippen LogP contribution in [0.15, 0.2) is 35.3 Å². The zero-order valence-corrected chi connectivity index (χ0v) is 15.3. The molecule has 0 bridgehead atoms. The van der Waals surface area contributed by atoms with E-state index in [1.165, 1.54) is 0 Å². The number of carbonyl (C=O) groups is 1. The fourth-order valence-electron chi connectivity index (χ4n) is 2.99. The number of hydrogen-bond donors (Lipinski definition) is 3. The molecule has 1 fully saturated rings. The van der Waals surface area contributed by atoms with Crippen molar-refractivity contribution in [3.05, 3.63) is 35.9 Å². The number of aliphatic hydroxyl groups is 1. The Kier molecular flexibility index (Phi) is 6.20. The lowest BCUT2D eigenvalue weighted by atomic mass is 10.1. The quantitative estimate of drug-likeness (QED) is 0.766. The monoisotopic (exact) mass is 362 g/mol. The van der Waals surface area contributed by atoms with Crippen molar-refractivity contribution in [3.8, 4) is 0 Å². The Morgan fingerprint density at radius 1 is 1.32 bits per heavy atom. The van der Waals surface area contributed by atoms with Crippen molar-refractivity contribution in [2.45, 2.75) is 44.5 Å². The summed E-state index contributed by atoms with van der Waals surface area (Å²) in [6.45, 7) is 4.27. The van der Waals surface area contributed by atoms with Crippen LogP contribution in [0.3, 0.4) is 0 Å². The number of aliphatic hydroxyl groups excluding tert-OH is 1. The first-order valence-corrected chi connectivity index (χ1v) is 9.82. The molecule has 0 radical (unpaired) electrons. The molecule has 0 aromatic heterocycles. The highest BCUT2D eigenvalue weighted by Crippen LogP contribution is 2.23. The van der Waals surface area contributed by atoms with Gasteiger partial charge in [-0.15, -0.1) is 0 Å². The number of nitrogens with zero attached hydrogens (tertiary/aromatic N) is 2. The third kappa shape index (κ3) is 5.12. The molecule has 1 unspecified atom stereocenters. The first-order chi connectivity index (χ1) is 12.1. The molecule has 1 saturated heterocycles. The third-order valence-corrected chi connectivity index (χ3v) is 5.78. The van der Waals surface area contributed by atoms with Crippen molar-refractivity contribution in [1.29, 1.82) is 0 Å². The van der Waals surface area contributed by atoms with Gasteiger partial charge in [-0.05, 0) is 25.3 Å². The van der Waals surface area contributed by atoms with Crippen molar-refractivity contribution in [1.82, 2.24) is 15.5 Å². The maximum atomic E-state index is 12.1. The Morgan fingerprint density at radius 2 is 2.04 bits per heavy atom. The minimum Gasteiger partial charge on any atom is -0.393 e. The van der Waals surface area contributed by atoms with E-state index in [1.807, 2.05) is 37.3 Å². The van der Waals surface area contributed by atoms with E-state index in [4.69, 9.17) is 4.99 Å². The van der Waals surface area contributed by atoms with Crippen molar-refractivity contribution in [3.63, 3.8) is 0 Å². The second-order valence-electron chi connectivity index (χ2n) is 6.60. The first kappa shape index (κ1) is 18.1. The normalized spacial score (nSPS) is 24.6. The molecule has 2 atom stereocenters. The number of hydrogen-bond acceptors (Lipinski definition) is 5. The number of amidine groups is 1. The van der Waals surface area contributed by atoms with Crippen LogP contribution in [0.25, 0.3) is 0 Å². The molecule has 3 N–H and O–H groups in total. The zero-order valence-electron chi connectivity index (χ0n) is 14.5. The van der Waals surface area contributed by atoms with Gasteiger partial charge in [0.15, 0.2) is 5.17 Å². The van der Waals surface area contributed by atoms with Gasteiger partial charge in [0.05, 0.1) is 18.2 Å². The number of benzene rings is 1. The summed E-state index contributed by atoms with van der Waals surface area (Å²) in [6.07, 6.45) is 1.43. The molecule has 25 heavy (non-hydrogen) atoms. The largest absolute Gasteiger partial charge is 0.393 e. The number of nitrogens with one attached hydrogen (secondary N) is 2. The van der Waals surface area contributed by atoms with Crippen LogP contribution in [0.1, 0.15) is 25.3 Å². The Labute approximate surface area is 153 Å². The van der Waals surface area contributed by atoms with Gasteiger partial charge in [-0.25, -0.2) is 4.79 Å². The highest BCUT2D eigenvalue weighted by Gasteiger charge is 2.28. The summed E-state index contributed by atoms with van der Waals surface area (Å²) in [7, 11) is 0. The summed E-state index contributed by atoms with van der Waals surface area (Å²) in [6, 6.07) is 9.79. The van der Waals surface area contributed by atoms with Crippen LogP contribution in [0, 0.1) is 0 Å². The first-order valence-electron chi connectivity index (χ1n) is 8.83. The van der Waals surface area contributed by atoms with E-state index in [9.17, 15) is 9.90 Å². The maximum absolute atomic E-state index is 12.1. The molecular formula is C18H26N4O2S. The SMILES string of the molecule is C[C@H]1N=C(N2CCC(O)CC2)SCC1NC(=O)NCc1ccccc1. The number of aliphatic imine (C=N–C) groups is 1. The van der Waals surface area contributed by atoms with E-state index >= 15 is 0 Å². The van der Waals surface area contributed by atoms with Crippen molar-refractivity contribution in [2.24, 2.45) is 4.99 Å². The van der Waals surface area contributed by atoms with E-state index in [0.29, 0.717) is 6.54 Å². The molecular weight excluding hydrogens is 336 g/mol. The highest BCUT2D eigenvalue weighted by atomic mass is 32.2. The van der Waals surface area contributed by atoms with Crippen LogP contribution >= 0.6 is 11.8 Å². The molecule has 2 amide bonds.